The number of benzene rings is 2. The molecule has 128 valence electrons. The molecule has 0 bridgehead atoms. The summed E-state index contributed by atoms with van der Waals surface area (Å²) in [6, 6.07) is 12.9. The van der Waals surface area contributed by atoms with Crippen LogP contribution in [-0.4, -0.2) is 48.5 Å². The van der Waals surface area contributed by atoms with Crippen molar-refractivity contribution in [3.05, 3.63) is 42.5 Å². The second kappa shape index (κ2) is 6.57. The Balaban J connectivity index is 1.96. The number of phenolic OH excluding ortho intramolecular Hbond substituents is 1. The van der Waals surface area contributed by atoms with Gasteiger partial charge in [-0.1, -0.05) is 18.2 Å². The molecular formula is C19H19N3O3. The van der Waals surface area contributed by atoms with Crippen LogP contribution in [0.2, 0.25) is 0 Å². The van der Waals surface area contributed by atoms with Crippen molar-refractivity contribution in [3.63, 3.8) is 0 Å². The van der Waals surface area contributed by atoms with Crippen LogP contribution in [0.4, 0.5) is 5.82 Å². The Labute approximate surface area is 145 Å². The number of ether oxygens (including phenoxy) is 2. The van der Waals surface area contributed by atoms with Gasteiger partial charge in [0.15, 0.2) is 5.82 Å². The monoisotopic (exact) mass is 337 g/mol. The first-order valence-corrected chi connectivity index (χ1v) is 8.24. The lowest BCUT2D eigenvalue weighted by atomic mass is 10.1. The third-order valence-corrected chi connectivity index (χ3v) is 4.34. The van der Waals surface area contributed by atoms with E-state index in [9.17, 15) is 5.11 Å². The molecule has 3 aromatic rings. The van der Waals surface area contributed by atoms with Gasteiger partial charge < -0.3 is 19.5 Å². The van der Waals surface area contributed by atoms with Gasteiger partial charge in [0.1, 0.15) is 17.3 Å². The summed E-state index contributed by atoms with van der Waals surface area (Å²) in [5.41, 5.74) is 1.40. The summed E-state index contributed by atoms with van der Waals surface area (Å²) >= 11 is 0. The van der Waals surface area contributed by atoms with E-state index in [1.807, 2.05) is 30.3 Å². The van der Waals surface area contributed by atoms with Crippen LogP contribution >= 0.6 is 0 Å². The average molecular weight is 337 g/mol. The number of fused-ring (bicyclic) bond motifs is 1. The Morgan fingerprint density at radius 3 is 2.60 bits per heavy atom. The fourth-order valence-electron chi connectivity index (χ4n) is 3.09. The molecule has 0 saturated carbocycles. The van der Waals surface area contributed by atoms with Gasteiger partial charge in [0.25, 0.3) is 0 Å². The maximum atomic E-state index is 10.2. The van der Waals surface area contributed by atoms with E-state index in [0.29, 0.717) is 24.6 Å². The van der Waals surface area contributed by atoms with Gasteiger partial charge in [-0.15, -0.1) is 0 Å². The predicted molar refractivity (Wildman–Crippen MR) is 96.2 cm³/mol. The molecule has 1 aliphatic heterocycles. The van der Waals surface area contributed by atoms with E-state index in [2.05, 4.69) is 9.88 Å². The fraction of sp³-hybridized carbons (Fsp3) is 0.263. The molecule has 6 nitrogen and oxygen atoms in total. The number of morpholine rings is 1. The number of methoxy groups -OCH3 is 1. The van der Waals surface area contributed by atoms with Crippen LogP contribution < -0.4 is 9.64 Å². The van der Waals surface area contributed by atoms with Crippen LogP contribution in [-0.2, 0) is 4.74 Å². The molecule has 4 rings (SSSR count). The third kappa shape index (κ3) is 2.85. The second-order valence-electron chi connectivity index (χ2n) is 5.84. The molecule has 0 aliphatic carbocycles. The summed E-state index contributed by atoms with van der Waals surface area (Å²) in [6.45, 7) is 2.83. The molecule has 1 aromatic heterocycles. The van der Waals surface area contributed by atoms with E-state index in [1.54, 1.807) is 19.2 Å². The zero-order valence-corrected chi connectivity index (χ0v) is 14.0. The quantitative estimate of drug-likeness (QED) is 0.793. The van der Waals surface area contributed by atoms with Crippen molar-refractivity contribution >= 4 is 16.7 Å². The van der Waals surface area contributed by atoms with E-state index in [-0.39, 0.29) is 5.75 Å². The zero-order valence-electron chi connectivity index (χ0n) is 14.0. The van der Waals surface area contributed by atoms with Crippen molar-refractivity contribution in [3.8, 4) is 22.9 Å². The Kier molecular flexibility index (Phi) is 4.11. The van der Waals surface area contributed by atoms with Crippen LogP contribution in [0, 0.1) is 0 Å². The molecule has 0 spiro atoms. The highest BCUT2D eigenvalue weighted by Crippen LogP contribution is 2.36. The SMILES string of the molecule is COc1cccc2nc(-c3ccccc3O)nc(N3CCOCC3)c12. The van der Waals surface area contributed by atoms with Crippen molar-refractivity contribution in [2.75, 3.05) is 38.3 Å². The number of para-hydroxylation sites is 1. The van der Waals surface area contributed by atoms with Crippen molar-refractivity contribution in [2.24, 2.45) is 0 Å². The molecule has 2 aromatic carbocycles. The van der Waals surface area contributed by atoms with Gasteiger partial charge in [0.05, 0.1) is 36.8 Å². The minimum Gasteiger partial charge on any atom is -0.507 e. The molecular weight excluding hydrogens is 318 g/mol. The Morgan fingerprint density at radius 2 is 1.84 bits per heavy atom. The number of nitrogens with zero attached hydrogens (tertiary/aromatic N) is 3. The maximum absolute atomic E-state index is 10.2. The number of rotatable bonds is 3. The Morgan fingerprint density at radius 1 is 1.04 bits per heavy atom. The Hall–Kier alpha value is -2.86. The first-order valence-electron chi connectivity index (χ1n) is 8.24. The zero-order chi connectivity index (χ0) is 17.2. The summed E-state index contributed by atoms with van der Waals surface area (Å²) in [5, 5.41) is 11.1. The molecule has 2 heterocycles. The van der Waals surface area contributed by atoms with Crippen LogP contribution in [0.3, 0.4) is 0 Å². The Bertz CT molecular complexity index is 908. The molecule has 0 radical (unpaired) electrons. The number of hydrogen-bond donors (Lipinski definition) is 1. The lowest BCUT2D eigenvalue weighted by molar-refractivity contribution is 0.122. The molecule has 1 fully saturated rings. The lowest BCUT2D eigenvalue weighted by Crippen LogP contribution is -2.37. The van der Waals surface area contributed by atoms with Crippen molar-refractivity contribution in [1.29, 1.82) is 0 Å². The smallest absolute Gasteiger partial charge is 0.165 e. The van der Waals surface area contributed by atoms with Gasteiger partial charge in [0, 0.05) is 13.1 Å². The van der Waals surface area contributed by atoms with E-state index in [0.717, 1.165) is 35.6 Å². The lowest BCUT2D eigenvalue weighted by Gasteiger charge is -2.29. The van der Waals surface area contributed by atoms with Gasteiger partial charge in [-0.2, -0.15) is 0 Å². The van der Waals surface area contributed by atoms with Crippen LogP contribution in [0.1, 0.15) is 0 Å². The predicted octanol–water partition coefficient (Wildman–Crippen LogP) is 2.85. The highest BCUT2D eigenvalue weighted by Gasteiger charge is 2.21. The van der Waals surface area contributed by atoms with Crippen LogP contribution in [0.5, 0.6) is 11.5 Å². The van der Waals surface area contributed by atoms with Crippen molar-refractivity contribution < 1.29 is 14.6 Å². The van der Waals surface area contributed by atoms with Crippen molar-refractivity contribution in [2.45, 2.75) is 0 Å². The average Bonchev–Trinajstić information content (AvgIpc) is 2.67. The molecule has 0 unspecified atom stereocenters. The van der Waals surface area contributed by atoms with Gasteiger partial charge in [-0.05, 0) is 24.3 Å². The van der Waals surface area contributed by atoms with E-state index >= 15 is 0 Å². The number of aromatic nitrogens is 2. The maximum Gasteiger partial charge on any atom is 0.165 e. The van der Waals surface area contributed by atoms with Gasteiger partial charge in [0.2, 0.25) is 0 Å². The number of anilines is 1. The summed E-state index contributed by atoms with van der Waals surface area (Å²) in [7, 11) is 1.65. The minimum absolute atomic E-state index is 0.165. The summed E-state index contributed by atoms with van der Waals surface area (Å²) in [5.74, 6) is 2.21. The van der Waals surface area contributed by atoms with Crippen LogP contribution in [0.25, 0.3) is 22.3 Å². The highest BCUT2D eigenvalue weighted by atomic mass is 16.5. The normalized spacial score (nSPS) is 14.7. The van der Waals surface area contributed by atoms with E-state index in [1.165, 1.54) is 0 Å². The minimum atomic E-state index is 0.165. The van der Waals surface area contributed by atoms with Crippen LogP contribution in [0.15, 0.2) is 42.5 Å². The van der Waals surface area contributed by atoms with Gasteiger partial charge >= 0.3 is 0 Å². The highest BCUT2D eigenvalue weighted by molar-refractivity contribution is 5.96. The van der Waals surface area contributed by atoms with Crippen molar-refractivity contribution in [1.82, 2.24) is 9.97 Å². The summed E-state index contributed by atoms with van der Waals surface area (Å²) in [6.07, 6.45) is 0. The number of phenols is 1. The first kappa shape index (κ1) is 15.7. The molecule has 1 saturated heterocycles. The molecule has 25 heavy (non-hydrogen) atoms. The number of aromatic hydroxyl groups is 1. The van der Waals surface area contributed by atoms with E-state index in [4.69, 9.17) is 14.5 Å². The molecule has 1 aliphatic rings. The molecule has 0 amide bonds. The third-order valence-electron chi connectivity index (χ3n) is 4.34. The van der Waals surface area contributed by atoms with E-state index < -0.39 is 0 Å². The fourth-order valence-corrected chi connectivity index (χ4v) is 3.09. The standard InChI is InChI=1S/C19H19N3O3/c1-24-16-8-4-6-14-17(16)19(22-9-11-25-12-10-22)21-18(20-14)13-5-2-3-7-15(13)23/h2-8,23H,9-12H2,1H3. The number of hydrogen-bond acceptors (Lipinski definition) is 6. The second-order valence-corrected chi connectivity index (χ2v) is 5.84. The molecule has 6 heteroatoms. The summed E-state index contributed by atoms with van der Waals surface area (Å²) in [4.78, 5) is 11.6. The topological polar surface area (TPSA) is 67.7 Å². The molecule has 1 N–H and O–H groups in total. The summed E-state index contributed by atoms with van der Waals surface area (Å²) < 4.78 is 11.0. The van der Waals surface area contributed by atoms with Gasteiger partial charge in [-0.3, -0.25) is 0 Å². The van der Waals surface area contributed by atoms with Gasteiger partial charge in [-0.25, -0.2) is 9.97 Å². The first-order chi connectivity index (χ1) is 12.3. The molecule has 0 atom stereocenters. The largest absolute Gasteiger partial charge is 0.507 e.